The molecule has 1 aromatic heterocycles. The van der Waals surface area contributed by atoms with Crippen molar-refractivity contribution in [2.45, 2.75) is 13.3 Å². The van der Waals surface area contributed by atoms with Crippen LogP contribution in [-0.2, 0) is 14.1 Å². The van der Waals surface area contributed by atoms with Gasteiger partial charge in [0.05, 0.1) is 0 Å². The van der Waals surface area contributed by atoms with Crippen LogP contribution in [0.15, 0.2) is 20.8 Å². The molecule has 1 rings (SSSR count). The monoisotopic (exact) mass is 398 g/mol. The minimum atomic E-state index is -0.351. The second-order valence-electron chi connectivity index (χ2n) is 3.82. The number of amidine groups is 1. The third kappa shape index (κ3) is 4.68. The maximum atomic E-state index is 11.9. The highest BCUT2D eigenvalue weighted by Crippen LogP contribution is 2.04. The maximum Gasteiger partial charge on any atom is 0.330 e. The minimum Gasteiger partial charge on any atom is -0.329 e. The highest BCUT2D eigenvalue weighted by atomic mass is 127. The summed E-state index contributed by atoms with van der Waals surface area (Å²) in [5.41, 5.74) is -0.345. The molecule has 0 aliphatic carbocycles. The fraction of sp³-hybridized carbons (Fsp3) is 0.545. The number of nitrogens with one attached hydrogen (secondary N) is 1. The van der Waals surface area contributed by atoms with E-state index in [9.17, 15) is 9.59 Å². The quantitative estimate of drug-likeness (QED) is 0.473. The van der Waals surface area contributed by atoms with E-state index in [2.05, 4.69) is 10.3 Å². The summed E-state index contributed by atoms with van der Waals surface area (Å²) in [6.07, 6.45) is 4.31. The zero-order valence-electron chi connectivity index (χ0n) is 11.5. The summed E-state index contributed by atoms with van der Waals surface area (Å²) in [4.78, 5) is 27.7. The fourth-order valence-electron chi connectivity index (χ4n) is 1.38. The van der Waals surface area contributed by atoms with Gasteiger partial charge < -0.3 is 9.88 Å². The van der Waals surface area contributed by atoms with Gasteiger partial charge in [0.25, 0.3) is 5.56 Å². The number of rotatable bonds is 3. The van der Waals surface area contributed by atoms with E-state index >= 15 is 0 Å². The number of nitrogens with zero attached hydrogens (tertiary/aromatic N) is 3. The molecule has 0 bridgehead atoms. The Hall–Kier alpha value is -0.770. The van der Waals surface area contributed by atoms with E-state index in [0.29, 0.717) is 17.4 Å². The molecule has 1 heterocycles. The van der Waals surface area contributed by atoms with E-state index in [1.165, 1.54) is 29.6 Å². The zero-order chi connectivity index (χ0) is 13.7. The van der Waals surface area contributed by atoms with Gasteiger partial charge in [0.2, 0.25) is 0 Å². The largest absolute Gasteiger partial charge is 0.330 e. The van der Waals surface area contributed by atoms with E-state index in [0.717, 1.165) is 11.0 Å². The van der Waals surface area contributed by atoms with Crippen LogP contribution in [0, 0.1) is 0 Å². The third-order valence-corrected chi connectivity index (χ3v) is 2.98. The van der Waals surface area contributed by atoms with Crippen LogP contribution in [0.5, 0.6) is 0 Å². The molecule has 0 aromatic carbocycles. The highest BCUT2D eigenvalue weighted by molar-refractivity contribution is 14.0. The molecule has 0 saturated heterocycles. The number of halogens is 1. The molecule has 0 spiro atoms. The van der Waals surface area contributed by atoms with Gasteiger partial charge in [-0.05, 0) is 12.7 Å². The summed E-state index contributed by atoms with van der Waals surface area (Å²) in [6.45, 7) is 2.74. The van der Waals surface area contributed by atoms with Gasteiger partial charge in [-0.15, -0.1) is 24.0 Å². The number of aliphatic imine (C=N–C) groups is 1. The molecule has 0 unspecified atom stereocenters. The van der Waals surface area contributed by atoms with Crippen molar-refractivity contribution in [3.63, 3.8) is 0 Å². The molecule has 0 radical (unpaired) electrons. The van der Waals surface area contributed by atoms with Gasteiger partial charge in [-0.2, -0.15) is 0 Å². The van der Waals surface area contributed by atoms with Crippen LogP contribution >= 0.6 is 35.7 Å². The lowest BCUT2D eigenvalue weighted by Crippen LogP contribution is -2.38. The first-order valence-electron chi connectivity index (χ1n) is 5.63. The van der Waals surface area contributed by atoms with Gasteiger partial charge in [0.1, 0.15) is 5.69 Å². The normalized spacial score (nSPS) is 11.1. The number of hydrogen-bond acceptors (Lipinski definition) is 4. The SMILES string of the molecule is CCCN=C(Nc1cn(C)c(=O)n(C)c1=O)SC.I. The van der Waals surface area contributed by atoms with Crippen molar-refractivity contribution in [3.8, 4) is 0 Å². The summed E-state index contributed by atoms with van der Waals surface area (Å²) < 4.78 is 2.43. The predicted octanol–water partition coefficient (Wildman–Crippen LogP) is 1.24. The summed E-state index contributed by atoms with van der Waals surface area (Å²) in [5, 5.41) is 3.63. The summed E-state index contributed by atoms with van der Waals surface area (Å²) >= 11 is 1.43. The molecule has 0 saturated carbocycles. The van der Waals surface area contributed by atoms with Crippen LogP contribution < -0.4 is 16.6 Å². The first kappa shape index (κ1) is 18.2. The molecular formula is C11H19IN4O2S. The molecule has 0 fully saturated rings. The van der Waals surface area contributed by atoms with Crippen LogP contribution in [-0.4, -0.2) is 27.1 Å². The molecule has 108 valence electrons. The average Bonchev–Trinajstić information content (AvgIpc) is 2.37. The van der Waals surface area contributed by atoms with Gasteiger partial charge in [0, 0.05) is 26.8 Å². The Labute approximate surface area is 133 Å². The maximum absolute atomic E-state index is 11.9. The second kappa shape index (κ2) is 8.41. The average molecular weight is 398 g/mol. The van der Waals surface area contributed by atoms with Gasteiger partial charge in [-0.1, -0.05) is 18.7 Å². The topological polar surface area (TPSA) is 68.4 Å². The number of thioether (sulfide) groups is 1. The lowest BCUT2D eigenvalue weighted by molar-refractivity contribution is 0.689. The van der Waals surface area contributed by atoms with E-state index in [1.807, 2.05) is 13.2 Å². The van der Waals surface area contributed by atoms with Crippen LogP contribution in [0.25, 0.3) is 0 Å². The zero-order valence-corrected chi connectivity index (χ0v) is 14.6. The molecule has 0 amide bonds. The number of aryl methyl sites for hydroxylation is 1. The Morgan fingerprint density at radius 2 is 2.05 bits per heavy atom. The van der Waals surface area contributed by atoms with Crippen molar-refractivity contribution in [2.75, 3.05) is 18.1 Å². The number of anilines is 1. The molecule has 0 aliphatic heterocycles. The van der Waals surface area contributed by atoms with Crippen LogP contribution in [0.4, 0.5) is 5.69 Å². The smallest absolute Gasteiger partial charge is 0.329 e. The summed E-state index contributed by atoms with van der Waals surface area (Å²) in [7, 11) is 3.06. The van der Waals surface area contributed by atoms with Gasteiger partial charge in [0.15, 0.2) is 5.17 Å². The first-order valence-corrected chi connectivity index (χ1v) is 6.85. The van der Waals surface area contributed by atoms with Gasteiger partial charge >= 0.3 is 5.69 Å². The van der Waals surface area contributed by atoms with Crippen molar-refractivity contribution < 1.29 is 0 Å². The minimum absolute atomic E-state index is 0. The second-order valence-corrected chi connectivity index (χ2v) is 4.61. The summed E-state index contributed by atoms with van der Waals surface area (Å²) in [5.74, 6) is 0. The molecule has 8 heteroatoms. The Morgan fingerprint density at radius 3 is 2.58 bits per heavy atom. The van der Waals surface area contributed by atoms with Gasteiger partial charge in [-0.3, -0.25) is 14.4 Å². The van der Waals surface area contributed by atoms with Crippen molar-refractivity contribution in [1.29, 1.82) is 0 Å². The lowest BCUT2D eigenvalue weighted by atomic mass is 10.5. The molecule has 1 aromatic rings. The number of aromatic nitrogens is 2. The van der Waals surface area contributed by atoms with Crippen molar-refractivity contribution >= 4 is 46.6 Å². The molecule has 0 atom stereocenters. The van der Waals surface area contributed by atoms with E-state index in [-0.39, 0.29) is 35.2 Å². The third-order valence-electron chi connectivity index (χ3n) is 2.36. The van der Waals surface area contributed by atoms with Gasteiger partial charge in [-0.25, -0.2) is 4.79 Å². The lowest BCUT2D eigenvalue weighted by Gasteiger charge is -2.09. The molecular weight excluding hydrogens is 379 g/mol. The first-order chi connectivity index (χ1) is 8.51. The molecule has 6 nitrogen and oxygen atoms in total. The number of hydrogen-bond donors (Lipinski definition) is 1. The molecule has 0 aliphatic rings. The molecule has 1 N–H and O–H groups in total. The Bertz CT molecular complexity index is 565. The van der Waals surface area contributed by atoms with Crippen LogP contribution in [0.2, 0.25) is 0 Å². The highest BCUT2D eigenvalue weighted by Gasteiger charge is 2.08. The Morgan fingerprint density at radius 1 is 1.42 bits per heavy atom. The van der Waals surface area contributed by atoms with Crippen LogP contribution in [0.3, 0.4) is 0 Å². The van der Waals surface area contributed by atoms with Crippen molar-refractivity contribution in [1.82, 2.24) is 9.13 Å². The van der Waals surface area contributed by atoms with Crippen molar-refractivity contribution in [3.05, 3.63) is 27.0 Å². The Kier molecular flexibility index (Phi) is 8.07. The summed E-state index contributed by atoms with van der Waals surface area (Å²) in [6, 6.07) is 0. The van der Waals surface area contributed by atoms with E-state index < -0.39 is 0 Å². The molecule has 19 heavy (non-hydrogen) atoms. The standard InChI is InChI=1S/C11H18N4O2S.HI/c1-5-6-12-10(18-4)13-8-7-14(2)11(17)15(3)9(8)16;/h7H,5-6H2,1-4H3,(H,12,13);1H. The fourth-order valence-corrected chi connectivity index (χ4v) is 1.81. The predicted molar refractivity (Wildman–Crippen MR) is 92.1 cm³/mol. The van der Waals surface area contributed by atoms with Crippen LogP contribution in [0.1, 0.15) is 13.3 Å². The van der Waals surface area contributed by atoms with Crippen molar-refractivity contribution in [2.24, 2.45) is 19.1 Å². The Balaban J connectivity index is 0.00000324. The van der Waals surface area contributed by atoms with E-state index in [1.54, 1.807) is 7.05 Å². The van der Waals surface area contributed by atoms with E-state index in [4.69, 9.17) is 0 Å².